The van der Waals surface area contributed by atoms with Gasteiger partial charge in [0.05, 0.1) is 13.7 Å². The quantitative estimate of drug-likeness (QED) is 0.425. The van der Waals surface area contributed by atoms with Gasteiger partial charge in [-0.05, 0) is 13.0 Å². The molecule has 0 bridgehead atoms. The minimum Gasteiger partial charge on any atom is -0.481 e. The third-order valence-electron chi connectivity index (χ3n) is 1.24. The van der Waals surface area contributed by atoms with Crippen LogP contribution in [0.3, 0.4) is 0 Å². The molecular weight excluding hydrogens is 162 g/mol. The molecule has 0 saturated heterocycles. The van der Waals surface area contributed by atoms with Gasteiger partial charge in [0.2, 0.25) is 0 Å². The van der Waals surface area contributed by atoms with Crippen LogP contribution in [0.2, 0.25) is 0 Å². The van der Waals surface area contributed by atoms with Gasteiger partial charge >= 0.3 is 11.9 Å². The standard InChI is InChI=1S/C7H13NO4/c1-12-7(11)5-8-4-2-3-6(9)10/h8H,2-5H2,1H3,(H,9,10). The van der Waals surface area contributed by atoms with Gasteiger partial charge in [-0.3, -0.25) is 9.59 Å². The van der Waals surface area contributed by atoms with Crippen LogP contribution in [0.15, 0.2) is 0 Å². The zero-order valence-corrected chi connectivity index (χ0v) is 7.00. The molecule has 0 saturated carbocycles. The highest BCUT2D eigenvalue weighted by Crippen LogP contribution is 1.85. The first-order valence-corrected chi connectivity index (χ1v) is 3.66. The molecule has 0 aliphatic carbocycles. The van der Waals surface area contributed by atoms with E-state index in [4.69, 9.17) is 5.11 Å². The number of nitrogens with one attached hydrogen (secondary N) is 1. The van der Waals surface area contributed by atoms with Crippen molar-refractivity contribution in [2.24, 2.45) is 0 Å². The molecule has 0 rings (SSSR count). The van der Waals surface area contributed by atoms with Crippen LogP contribution in [0.5, 0.6) is 0 Å². The van der Waals surface area contributed by atoms with Crippen molar-refractivity contribution in [2.75, 3.05) is 20.2 Å². The molecule has 0 amide bonds. The molecule has 0 fully saturated rings. The second-order valence-electron chi connectivity index (χ2n) is 2.25. The Kier molecular flexibility index (Phi) is 6.00. The number of carbonyl (C=O) groups excluding carboxylic acids is 1. The molecule has 5 heteroatoms. The summed E-state index contributed by atoms with van der Waals surface area (Å²) >= 11 is 0. The Morgan fingerprint density at radius 3 is 2.67 bits per heavy atom. The number of esters is 1. The summed E-state index contributed by atoms with van der Waals surface area (Å²) in [6.45, 7) is 0.650. The molecule has 0 heterocycles. The van der Waals surface area contributed by atoms with Gasteiger partial charge in [0.15, 0.2) is 0 Å². The molecule has 0 unspecified atom stereocenters. The van der Waals surface area contributed by atoms with Crippen LogP contribution in [-0.2, 0) is 14.3 Å². The van der Waals surface area contributed by atoms with Crippen molar-refractivity contribution in [3.05, 3.63) is 0 Å². The number of ether oxygens (including phenoxy) is 1. The third kappa shape index (κ3) is 7.01. The number of carboxylic acids is 1. The van der Waals surface area contributed by atoms with Crippen LogP contribution in [0, 0.1) is 0 Å². The number of carbonyl (C=O) groups is 2. The number of hydrogen-bond donors (Lipinski definition) is 2. The Labute approximate surface area is 70.7 Å². The number of aliphatic carboxylic acids is 1. The van der Waals surface area contributed by atoms with E-state index in [0.29, 0.717) is 13.0 Å². The van der Waals surface area contributed by atoms with Crippen molar-refractivity contribution in [1.29, 1.82) is 0 Å². The zero-order valence-electron chi connectivity index (χ0n) is 7.00. The lowest BCUT2D eigenvalue weighted by molar-refractivity contribution is -0.139. The fraction of sp³-hybridized carbons (Fsp3) is 0.714. The number of carboxylic acid groups (broad SMARTS) is 1. The maximum Gasteiger partial charge on any atom is 0.319 e. The first-order chi connectivity index (χ1) is 5.66. The molecule has 5 nitrogen and oxygen atoms in total. The molecule has 0 aliphatic heterocycles. The summed E-state index contributed by atoms with van der Waals surface area (Å²) in [6.07, 6.45) is 0.639. The van der Waals surface area contributed by atoms with Gasteiger partial charge < -0.3 is 15.2 Å². The number of methoxy groups -OCH3 is 1. The zero-order chi connectivity index (χ0) is 9.40. The van der Waals surface area contributed by atoms with E-state index < -0.39 is 5.97 Å². The van der Waals surface area contributed by atoms with E-state index in [2.05, 4.69) is 10.1 Å². The van der Waals surface area contributed by atoms with Crippen LogP contribution in [0.4, 0.5) is 0 Å². The van der Waals surface area contributed by atoms with Crippen LogP contribution >= 0.6 is 0 Å². The second kappa shape index (κ2) is 6.60. The molecule has 12 heavy (non-hydrogen) atoms. The maximum atomic E-state index is 10.5. The van der Waals surface area contributed by atoms with Crippen molar-refractivity contribution in [3.63, 3.8) is 0 Å². The van der Waals surface area contributed by atoms with E-state index in [0.717, 1.165) is 0 Å². The summed E-state index contributed by atoms with van der Waals surface area (Å²) in [6, 6.07) is 0. The molecule has 0 aliphatic rings. The molecule has 0 aromatic heterocycles. The van der Waals surface area contributed by atoms with Gasteiger partial charge in [-0.25, -0.2) is 0 Å². The first kappa shape index (κ1) is 10.9. The van der Waals surface area contributed by atoms with Crippen molar-refractivity contribution in [3.8, 4) is 0 Å². The van der Waals surface area contributed by atoms with Crippen LogP contribution in [0.1, 0.15) is 12.8 Å². The highest BCUT2D eigenvalue weighted by molar-refractivity contribution is 5.71. The first-order valence-electron chi connectivity index (χ1n) is 3.66. The van der Waals surface area contributed by atoms with Crippen LogP contribution in [-0.4, -0.2) is 37.2 Å². The third-order valence-corrected chi connectivity index (χ3v) is 1.24. The summed E-state index contributed by atoms with van der Waals surface area (Å²) < 4.78 is 4.36. The van der Waals surface area contributed by atoms with Gasteiger partial charge in [-0.1, -0.05) is 0 Å². The average Bonchev–Trinajstić information content (AvgIpc) is 2.03. The lowest BCUT2D eigenvalue weighted by Gasteiger charge is -2.00. The average molecular weight is 175 g/mol. The van der Waals surface area contributed by atoms with Crippen molar-refractivity contribution in [1.82, 2.24) is 5.32 Å². The Bertz CT molecular complexity index is 157. The predicted molar refractivity (Wildman–Crippen MR) is 41.8 cm³/mol. The minimum atomic E-state index is -0.824. The van der Waals surface area contributed by atoms with E-state index in [1.54, 1.807) is 0 Å². The summed E-state index contributed by atoms with van der Waals surface area (Å²) in [4.78, 5) is 20.5. The van der Waals surface area contributed by atoms with Crippen LogP contribution < -0.4 is 5.32 Å². The lowest BCUT2D eigenvalue weighted by Crippen LogP contribution is -2.25. The normalized spacial score (nSPS) is 9.42. The van der Waals surface area contributed by atoms with E-state index in [9.17, 15) is 9.59 Å². The second-order valence-corrected chi connectivity index (χ2v) is 2.25. The Morgan fingerprint density at radius 2 is 2.17 bits per heavy atom. The van der Waals surface area contributed by atoms with Gasteiger partial charge in [-0.2, -0.15) is 0 Å². The van der Waals surface area contributed by atoms with E-state index >= 15 is 0 Å². The lowest BCUT2D eigenvalue weighted by atomic mass is 10.3. The number of rotatable bonds is 6. The summed E-state index contributed by atoms with van der Waals surface area (Å²) in [5.74, 6) is -1.17. The van der Waals surface area contributed by atoms with Gasteiger partial charge in [0.25, 0.3) is 0 Å². The van der Waals surface area contributed by atoms with Crippen molar-refractivity contribution >= 4 is 11.9 Å². The predicted octanol–water partition coefficient (Wildman–Crippen LogP) is -0.386. The van der Waals surface area contributed by atoms with Gasteiger partial charge in [0, 0.05) is 6.42 Å². The maximum absolute atomic E-state index is 10.5. The Hall–Kier alpha value is -1.10. The summed E-state index contributed by atoms with van der Waals surface area (Å²) in [7, 11) is 1.31. The Balaban J connectivity index is 3.11. The molecule has 0 spiro atoms. The van der Waals surface area contributed by atoms with E-state index in [-0.39, 0.29) is 18.9 Å². The highest BCUT2D eigenvalue weighted by atomic mass is 16.5. The summed E-state index contributed by atoms with van der Waals surface area (Å²) in [5.41, 5.74) is 0. The van der Waals surface area contributed by atoms with Crippen molar-refractivity contribution < 1.29 is 19.4 Å². The SMILES string of the molecule is COC(=O)CNCCCC(=O)O. The Morgan fingerprint density at radius 1 is 1.50 bits per heavy atom. The molecule has 70 valence electrons. The van der Waals surface area contributed by atoms with Crippen LogP contribution in [0.25, 0.3) is 0 Å². The molecular formula is C7H13NO4. The molecule has 0 radical (unpaired) electrons. The van der Waals surface area contributed by atoms with Crippen molar-refractivity contribution in [2.45, 2.75) is 12.8 Å². The van der Waals surface area contributed by atoms with Gasteiger partial charge in [-0.15, -0.1) is 0 Å². The summed E-state index contributed by atoms with van der Waals surface area (Å²) in [5, 5.41) is 11.0. The van der Waals surface area contributed by atoms with E-state index in [1.165, 1.54) is 7.11 Å². The smallest absolute Gasteiger partial charge is 0.319 e. The largest absolute Gasteiger partial charge is 0.481 e. The molecule has 0 atom stereocenters. The molecule has 2 N–H and O–H groups in total. The molecule has 0 aromatic rings. The molecule has 0 aromatic carbocycles. The van der Waals surface area contributed by atoms with Gasteiger partial charge in [0.1, 0.15) is 0 Å². The minimum absolute atomic E-state index is 0.119. The monoisotopic (exact) mass is 175 g/mol. The van der Waals surface area contributed by atoms with E-state index in [1.807, 2.05) is 0 Å². The highest BCUT2D eigenvalue weighted by Gasteiger charge is 1.99. The topological polar surface area (TPSA) is 75.6 Å². The number of hydrogen-bond acceptors (Lipinski definition) is 4. The fourth-order valence-corrected chi connectivity index (χ4v) is 0.627. The fourth-order valence-electron chi connectivity index (χ4n) is 0.627.